The van der Waals surface area contributed by atoms with E-state index in [9.17, 15) is 4.79 Å². The zero-order chi connectivity index (χ0) is 12.7. The molecule has 0 aliphatic rings. The lowest BCUT2D eigenvalue weighted by Crippen LogP contribution is -2.27. The average Bonchev–Trinajstić information content (AvgIpc) is 2.32. The molecule has 6 heteroatoms. The number of halogens is 3. The molecule has 1 aromatic carbocycles. The summed E-state index contributed by atoms with van der Waals surface area (Å²) in [6.45, 7) is 1.34. The third kappa shape index (κ3) is 5.25. The van der Waals surface area contributed by atoms with Gasteiger partial charge in [0.15, 0.2) is 0 Å². The third-order valence-electron chi connectivity index (χ3n) is 1.93. The van der Waals surface area contributed by atoms with Crippen molar-refractivity contribution in [3.05, 3.63) is 33.3 Å². The Morgan fingerprint density at radius 1 is 1.41 bits per heavy atom. The molecule has 0 radical (unpaired) electrons. The van der Waals surface area contributed by atoms with Crippen molar-refractivity contribution in [1.82, 2.24) is 5.32 Å². The van der Waals surface area contributed by atoms with Crippen molar-refractivity contribution in [3.63, 3.8) is 0 Å². The van der Waals surface area contributed by atoms with Gasteiger partial charge < -0.3 is 10.1 Å². The lowest BCUT2D eigenvalue weighted by molar-refractivity contribution is 0.0923. The fourth-order valence-electron chi connectivity index (χ4n) is 1.16. The van der Waals surface area contributed by atoms with Crippen LogP contribution in [0.3, 0.4) is 0 Å². The Bertz CT molecular complexity index is 388. The topological polar surface area (TPSA) is 38.3 Å². The predicted molar refractivity (Wildman–Crippen MR) is 73.0 cm³/mol. The second-order valence-corrected chi connectivity index (χ2v) is 4.88. The number of hydrogen-bond donors (Lipinski definition) is 1. The van der Waals surface area contributed by atoms with Crippen LogP contribution in [0.4, 0.5) is 0 Å². The minimum atomic E-state index is -0.217. The summed E-state index contributed by atoms with van der Waals surface area (Å²) in [5.41, 5.74) is 0.443. The highest BCUT2D eigenvalue weighted by Crippen LogP contribution is 2.20. The highest BCUT2D eigenvalue weighted by atomic mass is 79.9. The smallest absolute Gasteiger partial charge is 0.252 e. The van der Waals surface area contributed by atoms with Crippen molar-refractivity contribution in [2.24, 2.45) is 0 Å². The van der Waals surface area contributed by atoms with Gasteiger partial charge in [-0.3, -0.25) is 4.79 Å². The van der Waals surface area contributed by atoms with E-state index in [4.69, 9.17) is 27.9 Å². The van der Waals surface area contributed by atoms with Crippen LogP contribution in [0.2, 0.25) is 5.02 Å². The molecule has 0 bridgehead atoms. The van der Waals surface area contributed by atoms with Gasteiger partial charge >= 0.3 is 0 Å². The van der Waals surface area contributed by atoms with E-state index in [1.807, 2.05) is 0 Å². The Morgan fingerprint density at radius 3 is 2.88 bits per heavy atom. The van der Waals surface area contributed by atoms with Crippen molar-refractivity contribution >= 4 is 45.0 Å². The van der Waals surface area contributed by atoms with Gasteiger partial charge in [0.25, 0.3) is 5.91 Å². The maximum Gasteiger partial charge on any atom is 0.252 e. The Balaban J connectivity index is 2.44. The number of nitrogens with one attached hydrogen (secondary N) is 1. The molecule has 1 rings (SSSR count). The number of amides is 1. The van der Waals surface area contributed by atoms with Crippen molar-refractivity contribution in [1.29, 1.82) is 0 Å². The van der Waals surface area contributed by atoms with Crippen LogP contribution >= 0.6 is 39.1 Å². The van der Waals surface area contributed by atoms with E-state index in [0.29, 0.717) is 36.2 Å². The van der Waals surface area contributed by atoms with E-state index in [2.05, 4.69) is 21.2 Å². The first-order valence-corrected chi connectivity index (χ1v) is 6.72. The summed E-state index contributed by atoms with van der Waals surface area (Å²) in [6, 6.07) is 5.13. The van der Waals surface area contributed by atoms with Crippen LogP contribution in [0.1, 0.15) is 10.4 Å². The first-order valence-electron chi connectivity index (χ1n) is 5.02. The van der Waals surface area contributed by atoms with Gasteiger partial charge in [0.05, 0.1) is 23.8 Å². The first kappa shape index (κ1) is 14.8. The van der Waals surface area contributed by atoms with Crippen LogP contribution in [0.15, 0.2) is 22.7 Å². The number of rotatable bonds is 6. The standard InChI is InChI=1S/C11H12BrCl2NO2/c12-8-1-2-10(14)9(7-8)11(16)15-4-6-17-5-3-13/h1-2,7H,3-6H2,(H,15,16). The molecule has 1 amide bonds. The van der Waals surface area contributed by atoms with Gasteiger partial charge in [-0.15, -0.1) is 11.6 Å². The molecule has 0 saturated heterocycles. The molecule has 3 nitrogen and oxygen atoms in total. The van der Waals surface area contributed by atoms with E-state index in [1.165, 1.54) is 0 Å². The summed E-state index contributed by atoms with van der Waals surface area (Å²) in [5, 5.41) is 3.14. The van der Waals surface area contributed by atoms with Crippen molar-refractivity contribution in [2.75, 3.05) is 25.6 Å². The lowest BCUT2D eigenvalue weighted by Gasteiger charge is -2.07. The molecule has 0 unspecified atom stereocenters. The van der Waals surface area contributed by atoms with E-state index in [1.54, 1.807) is 18.2 Å². The molecule has 0 aromatic heterocycles. The lowest BCUT2D eigenvalue weighted by atomic mass is 10.2. The summed E-state index contributed by atoms with van der Waals surface area (Å²) in [7, 11) is 0. The zero-order valence-corrected chi connectivity index (χ0v) is 12.1. The van der Waals surface area contributed by atoms with Crippen molar-refractivity contribution < 1.29 is 9.53 Å². The predicted octanol–water partition coefficient (Wildman–Crippen LogP) is 3.09. The van der Waals surface area contributed by atoms with Crippen LogP contribution < -0.4 is 5.32 Å². The molecular weight excluding hydrogens is 329 g/mol. The van der Waals surface area contributed by atoms with E-state index in [-0.39, 0.29) is 5.91 Å². The van der Waals surface area contributed by atoms with Gasteiger partial charge in [0, 0.05) is 16.9 Å². The van der Waals surface area contributed by atoms with Crippen molar-refractivity contribution in [3.8, 4) is 0 Å². The van der Waals surface area contributed by atoms with Gasteiger partial charge in [-0.1, -0.05) is 27.5 Å². The fourth-order valence-corrected chi connectivity index (χ4v) is 1.83. The Morgan fingerprint density at radius 2 is 2.18 bits per heavy atom. The largest absolute Gasteiger partial charge is 0.378 e. The highest BCUT2D eigenvalue weighted by Gasteiger charge is 2.09. The van der Waals surface area contributed by atoms with Crippen LogP contribution in [-0.4, -0.2) is 31.5 Å². The number of alkyl halides is 1. The van der Waals surface area contributed by atoms with Gasteiger partial charge in [-0.25, -0.2) is 0 Å². The average molecular weight is 341 g/mol. The molecule has 0 aliphatic heterocycles. The van der Waals surface area contributed by atoms with Crippen LogP contribution in [0.5, 0.6) is 0 Å². The van der Waals surface area contributed by atoms with E-state index >= 15 is 0 Å². The second-order valence-electron chi connectivity index (χ2n) is 3.18. The molecule has 94 valence electrons. The Labute approximate surface area is 119 Å². The highest BCUT2D eigenvalue weighted by molar-refractivity contribution is 9.10. The zero-order valence-electron chi connectivity index (χ0n) is 9.01. The van der Waals surface area contributed by atoms with Crippen LogP contribution in [0.25, 0.3) is 0 Å². The number of ether oxygens (including phenoxy) is 1. The third-order valence-corrected chi connectivity index (χ3v) is 2.90. The second kappa shape index (κ2) is 7.93. The molecule has 17 heavy (non-hydrogen) atoms. The quantitative estimate of drug-likeness (QED) is 0.638. The van der Waals surface area contributed by atoms with E-state index in [0.717, 1.165) is 4.47 Å². The van der Waals surface area contributed by atoms with Crippen LogP contribution in [0, 0.1) is 0 Å². The molecule has 0 spiro atoms. The molecule has 1 N–H and O–H groups in total. The SMILES string of the molecule is O=C(NCCOCCCl)c1cc(Br)ccc1Cl. The number of benzene rings is 1. The minimum absolute atomic E-state index is 0.217. The Hall–Kier alpha value is -0.290. The summed E-state index contributed by atoms with van der Waals surface area (Å²) in [6.07, 6.45) is 0. The summed E-state index contributed by atoms with van der Waals surface area (Å²) < 4.78 is 5.94. The first-order chi connectivity index (χ1) is 8.15. The van der Waals surface area contributed by atoms with E-state index < -0.39 is 0 Å². The molecule has 0 heterocycles. The molecule has 0 aliphatic carbocycles. The maximum absolute atomic E-state index is 11.8. The number of carbonyl (C=O) groups excluding carboxylic acids is 1. The Kier molecular flexibility index (Phi) is 6.89. The minimum Gasteiger partial charge on any atom is -0.378 e. The molecule has 1 aromatic rings. The monoisotopic (exact) mass is 339 g/mol. The molecular formula is C11H12BrCl2NO2. The summed E-state index contributed by atoms with van der Waals surface area (Å²) in [4.78, 5) is 11.8. The normalized spacial score (nSPS) is 10.3. The van der Waals surface area contributed by atoms with Crippen LogP contribution in [-0.2, 0) is 4.74 Å². The summed E-state index contributed by atoms with van der Waals surface area (Å²) >= 11 is 14.7. The van der Waals surface area contributed by atoms with Gasteiger partial charge in [-0.2, -0.15) is 0 Å². The fraction of sp³-hybridized carbons (Fsp3) is 0.364. The number of hydrogen-bond acceptors (Lipinski definition) is 2. The summed E-state index contributed by atoms with van der Waals surface area (Å²) in [5.74, 6) is 0.233. The molecule has 0 fully saturated rings. The van der Waals surface area contributed by atoms with Crippen molar-refractivity contribution in [2.45, 2.75) is 0 Å². The van der Waals surface area contributed by atoms with Gasteiger partial charge in [0.1, 0.15) is 0 Å². The molecule has 0 atom stereocenters. The maximum atomic E-state index is 11.8. The number of carbonyl (C=O) groups is 1. The molecule has 0 saturated carbocycles. The van der Waals surface area contributed by atoms with Gasteiger partial charge in [-0.05, 0) is 18.2 Å². The van der Waals surface area contributed by atoms with Gasteiger partial charge in [0.2, 0.25) is 0 Å².